The summed E-state index contributed by atoms with van der Waals surface area (Å²) in [6, 6.07) is 13.0. The number of benzene rings is 2. The van der Waals surface area contributed by atoms with E-state index in [-0.39, 0.29) is 11.5 Å². The topological polar surface area (TPSA) is 21.1 Å². The Bertz CT molecular complexity index is 1000. The molecule has 4 rings (SSSR count). The van der Waals surface area contributed by atoms with Gasteiger partial charge >= 0.3 is 6.18 Å². The molecular weight excluding hydrogens is 387 g/mol. The molecule has 2 heterocycles. The van der Waals surface area contributed by atoms with Crippen molar-refractivity contribution in [1.29, 1.82) is 0 Å². The summed E-state index contributed by atoms with van der Waals surface area (Å²) in [5, 5.41) is 0. The fourth-order valence-electron chi connectivity index (χ4n) is 4.22. The average molecular weight is 416 g/mol. The van der Waals surface area contributed by atoms with Crippen molar-refractivity contribution in [3.63, 3.8) is 0 Å². The van der Waals surface area contributed by atoms with Crippen LogP contribution in [0.15, 0.2) is 48.8 Å². The zero-order valence-electron chi connectivity index (χ0n) is 17.7. The molecule has 3 nitrogen and oxygen atoms in total. The largest absolute Gasteiger partial charge is 0.416 e. The summed E-state index contributed by atoms with van der Waals surface area (Å²) in [5.74, 6) is 0. The second-order valence-corrected chi connectivity index (χ2v) is 9.31. The highest BCUT2D eigenvalue weighted by molar-refractivity contribution is 5.76. The van der Waals surface area contributed by atoms with Crippen molar-refractivity contribution < 1.29 is 13.2 Å². The number of rotatable bonds is 3. The Balaban J connectivity index is 1.40. The maximum absolute atomic E-state index is 12.9. The van der Waals surface area contributed by atoms with Crippen LogP contribution in [0.25, 0.3) is 11.0 Å². The minimum absolute atomic E-state index is 0.158. The van der Waals surface area contributed by atoms with Gasteiger partial charge in [0, 0.05) is 25.7 Å². The molecule has 0 radical (unpaired) electrons. The smallest absolute Gasteiger partial charge is 0.327 e. The summed E-state index contributed by atoms with van der Waals surface area (Å²) in [6.45, 7) is 9.51. The molecule has 0 saturated carbocycles. The van der Waals surface area contributed by atoms with Gasteiger partial charge in [-0.15, -0.1) is 0 Å². The van der Waals surface area contributed by atoms with Gasteiger partial charge in [-0.1, -0.05) is 45.0 Å². The van der Waals surface area contributed by atoms with E-state index >= 15 is 0 Å². The monoisotopic (exact) mass is 415 g/mol. The van der Waals surface area contributed by atoms with Crippen molar-refractivity contribution in [2.45, 2.75) is 57.8 Å². The van der Waals surface area contributed by atoms with Gasteiger partial charge in [0.25, 0.3) is 0 Å². The number of likely N-dealkylation sites (tertiary alicyclic amines) is 1. The van der Waals surface area contributed by atoms with E-state index in [1.165, 1.54) is 11.1 Å². The molecule has 1 aromatic heterocycles. The molecule has 30 heavy (non-hydrogen) atoms. The highest BCUT2D eigenvalue weighted by atomic mass is 19.4. The number of imidazole rings is 1. The van der Waals surface area contributed by atoms with E-state index in [9.17, 15) is 13.2 Å². The molecule has 3 aromatic rings. The van der Waals surface area contributed by atoms with Gasteiger partial charge in [0.1, 0.15) is 0 Å². The molecule has 1 fully saturated rings. The molecule has 1 aliphatic heterocycles. The van der Waals surface area contributed by atoms with Crippen LogP contribution < -0.4 is 0 Å². The van der Waals surface area contributed by atoms with Gasteiger partial charge < -0.3 is 4.57 Å². The fraction of sp³-hybridized carbons (Fsp3) is 0.458. The number of hydrogen-bond acceptors (Lipinski definition) is 2. The standard InChI is InChI=1S/C24H28F3N3/c1-23(2,3)18-6-4-17(5-7-18)15-29-12-10-20(11-13-29)30-16-28-21-14-19(24(25,26)27)8-9-22(21)30/h4-9,14,16,20H,10-13,15H2,1-3H3. The van der Waals surface area contributed by atoms with Crippen LogP contribution in [0.2, 0.25) is 0 Å². The molecule has 0 aliphatic carbocycles. The Kier molecular flexibility index (Phi) is 5.39. The molecule has 0 amide bonds. The summed E-state index contributed by atoms with van der Waals surface area (Å²) < 4.78 is 40.9. The molecule has 0 N–H and O–H groups in total. The molecule has 6 heteroatoms. The van der Waals surface area contributed by atoms with Crippen molar-refractivity contribution >= 4 is 11.0 Å². The summed E-state index contributed by atoms with van der Waals surface area (Å²) in [6.07, 6.45) is -0.718. The van der Waals surface area contributed by atoms with Crippen molar-refractivity contribution in [3.8, 4) is 0 Å². The van der Waals surface area contributed by atoms with Crippen molar-refractivity contribution in [2.24, 2.45) is 0 Å². The highest BCUT2D eigenvalue weighted by Crippen LogP contribution is 2.33. The second kappa shape index (κ2) is 7.73. The number of hydrogen-bond donors (Lipinski definition) is 0. The van der Waals surface area contributed by atoms with Crippen LogP contribution in [0.5, 0.6) is 0 Å². The number of nitrogens with zero attached hydrogens (tertiary/aromatic N) is 3. The summed E-state index contributed by atoms with van der Waals surface area (Å²) in [5.41, 5.74) is 3.35. The first kappa shape index (κ1) is 20.9. The quantitative estimate of drug-likeness (QED) is 0.509. The average Bonchev–Trinajstić information content (AvgIpc) is 3.11. The Morgan fingerprint density at radius 1 is 0.933 bits per heavy atom. The molecule has 0 unspecified atom stereocenters. The summed E-state index contributed by atoms with van der Waals surface area (Å²) in [4.78, 5) is 6.68. The summed E-state index contributed by atoms with van der Waals surface area (Å²) in [7, 11) is 0. The molecule has 1 aliphatic rings. The molecule has 2 aromatic carbocycles. The predicted molar refractivity (Wildman–Crippen MR) is 113 cm³/mol. The van der Waals surface area contributed by atoms with Crippen LogP contribution in [0.4, 0.5) is 13.2 Å². The predicted octanol–water partition coefficient (Wildman–Crippen LogP) is 6.19. The van der Waals surface area contributed by atoms with E-state index < -0.39 is 11.7 Å². The van der Waals surface area contributed by atoms with Gasteiger partial charge in [-0.2, -0.15) is 13.2 Å². The van der Waals surface area contributed by atoms with Crippen LogP contribution in [0.3, 0.4) is 0 Å². The van der Waals surface area contributed by atoms with Gasteiger partial charge in [0.2, 0.25) is 0 Å². The molecular formula is C24H28F3N3. The van der Waals surface area contributed by atoms with Crippen molar-refractivity contribution in [3.05, 3.63) is 65.5 Å². The lowest BCUT2D eigenvalue weighted by molar-refractivity contribution is -0.137. The number of aromatic nitrogens is 2. The second-order valence-electron chi connectivity index (χ2n) is 9.31. The van der Waals surface area contributed by atoms with Crippen LogP contribution in [-0.4, -0.2) is 27.5 Å². The van der Waals surface area contributed by atoms with E-state index in [0.29, 0.717) is 5.52 Å². The zero-order valence-corrected chi connectivity index (χ0v) is 17.7. The Hall–Kier alpha value is -2.34. The fourth-order valence-corrected chi connectivity index (χ4v) is 4.22. The maximum atomic E-state index is 12.9. The lowest BCUT2D eigenvalue weighted by atomic mass is 9.86. The lowest BCUT2D eigenvalue weighted by Crippen LogP contribution is -2.34. The van der Waals surface area contributed by atoms with Gasteiger partial charge in [0.15, 0.2) is 0 Å². The normalized spacial score (nSPS) is 17.0. The molecule has 0 atom stereocenters. The third-order valence-electron chi connectivity index (χ3n) is 6.08. The van der Waals surface area contributed by atoms with E-state index in [1.807, 2.05) is 4.57 Å². The van der Waals surface area contributed by atoms with Gasteiger partial charge in [-0.3, -0.25) is 4.90 Å². The Labute approximate surface area is 175 Å². The molecule has 0 bridgehead atoms. The van der Waals surface area contributed by atoms with Crippen LogP contribution >= 0.6 is 0 Å². The van der Waals surface area contributed by atoms with Crippen LogP contribution in [-0.2, 0) is 18.1 Å². The Morgan fingerprint density at radius 3 is 2.17 bits per heavy atom. The summed E-state index contributed by atoms with van der Waals surface area (Å²) >= 11 is 0. The lowest BCUT2D eigenvalue weighted by Gasteiger charge is -2.33. The molecule has 1 saturated heterocycles. The first-order valence-electron chi connectivity index (χ1n) is 10.5. The van der Waals surface area contributed by atoms with E-state index in [4.69, 9.17) is 0 Å². The molecule has 160 valence electrons. The van der Waals surface area contributed by atoms with Crippen LogP contribution in [0.1, 0.15) is 56.3 Å². The third-order valence-corrected chi connectivity index (χ3v) is 6.08. The highest BCUT2D eigenvalue weighted by Gasteiger charge is 2.31. The maximum Gasteiger partial charge on any atom is 0.416 e. The van der Waals surface area contributed by atoms with E-state index in [1.54, 1.807) is 12.4 Å². The number of fused-ring (bicyclic) bond motifs is 1. The first-order chi connectivity index (χ1) is 14.1. The number of alkyl halides is 3. The molecule has 0 spiro atoms. The van der Waals surface area contributed by atoms with Crippen LogP contribution in [0, 0.1) is 0 Å². The minimum atomic E-state index is -4.34. The SMILES string of the molecule is CC(C)(C)c1ccc(CN2CCC(n3cnc4cc(C(F)(F)F)ccc43)CC2)cc1. The van der Waals surface area contributed by atoms with Gasteiger partial charge in [0.05, 0.1) is 22.9 Å². The first-order valence-corrected chi connectivity index (χ1v) is 10.5. The third kappa shape index (κ3) is 4.38. The van der Waals surface area contributed by atoms with Crippen molar-refractivity contribution in [2.75, 3.05) is 13.1 Å². The Morgan fingerprint density at radius 2 is 1.57 bits per heavy atom. The van der Waals surface area contributed by atoms with E-state index in [2.05, 4.69) is 54.9 Å². The van der Waals surface area contributed by atoms with Gasteiger partial charge in [-0.05, 0) is 47.6 Å². The number of piperidine rings is 1. The minimum Gasteiger partial charge on any atom is -0.327 e. The van der Waals surface area contributed by atoms with Crippen molar-refractivity contribution in [1.82, 2.24) is 14.5 Å². The van der Waals surface area contributed by atoms with E-state index in [0.717, 1.165) is 50.1 Å². The van der Waals surface area contributed by atoms with Gasteiger partial charge in [-0.25, -0.2) is 4.98 Å². The zero-order chi connectivity index (χ0) is 21.5. The number of halogens is 3.